The number of nitrogens with zero attached hydrogens (tertiary/aromatic N) is 5. The summed E-state index contributed by atoms with van der Waals surface area (Å²) in [6.45, 7) is 0.235. The summed E-state index contributed by atoms with van der Waals surface area (Å²) in [6, 6.07) is 1.73. The van der Waals surface area contributed by atoms with Gasteiger partial charge >= 0.3 is 0 Å². The van der Waals surface area contributed by atoms with Gasteiger partial charge in [-0.3, -0.25) is 0 Å². The topological polar surface area (TPSA) is 110 Å². The summed E-state index contributed by atoms with van der Waals surface area (Å²) in [6.07, 6.45) is 0. The molecule has 0 aliphatic rings. The zero-order valence-corrected chi connectivity index (χ0v) is 15.1. The van der Waals surface area contributed by atoms with Crippen molar-refractivity contribution >= 4 is 40.3 Å². The van der Waals surface area contributed by atoms with Gasteiger partial charge in [-0.2, -0.15) is 9.97 Å². The maximum Gasteiger partial charge on any atom is 0.223 e. The Bertz CT molecular complexity index is 946. The van der Waals surface area contributed by atoms with E-state index in [1.165, 1.54) is 26.0 Å². The molecule has 0 saturated heterocycles. The molecule has 0 unspecified atom stereocenters. The minimum atomic E-state index is 0.0250. The van der Waals surface area contributed by atoms with Crippen molar-refractivity contribution in [1.29, 1.82) is 0 Å². The van der Waals surface area contributed by atoms with E-state index < -0.39 is 0 Å². The summed E-state index contributed by atoms with van der Waals surface area (Å²) in [5, 5.41) is 8.50. The highest BCUT2D eigenvalue weighted by Gasteiger charge is 2.21. The maximum atomic E-state index is 6.45. The summed E-state index contributed by atoms with van der Waals surface area (Å²) < 4.78 is 17.5. The van der Waals surface area contributed by atoms with Gasteiger partial charge in [0.15, 0.2) is 27.8 Å². The number of nitrogen functional groups attached to an aromatic ring is 1. The van der Waals surface area contributed by atoms with Crippen molar-refractivity contribution in [2.75, 3.05) is 27.1 Å². The van der Waals surface area contributed by atoms with Crippen molar-refractivity contribution in [2.24, 2.45) is 0 Å². The summed E-state index contributed by atoms with van der Waals surface area (Å²) in [5.74, 6) is 1.25. The lowest BCUT2D eigenvalue weighted by Gasteiger charge is -2.16. The molecule has 3 rings (SSSR count). The Balaban J connectivity index is 2.12. The third-order valence-corrected chi connectivity index (χ3v) is 4.18. The molecule has 1 aromatic carbocycles. The number of nitrogens with two attached hydrogens (primary N) is 1. The van der Waals surface area contributed by atoms with Crippen LogP contribution in [0.1, 0.15) is 5.56 Å². The first-order valence-electron chi connectivity index (χ1n) is 6.99. The Morgan fingerprint density at radius 1 is 1.08 bits per heavy atom. The Morgan fingerprint density at radius 2 is 1.80 bits per heavy atom. The fraction of sp³-hybridized carbons (Fsp3) is 0.286. The molecule has 0 saturated carbocycles. The molecule has 0 spiro atoms. The van der Waals surface area contributed by atoms with E-state index in [1.54, 1.807) is 6.07 Å². The van der Waals surface area contributed by atoms with Gasteiger partial charge in [0.05, 0.1) is 32.9 Å². The van der Waals surface area contributed by atoms with Crippen LogP contribution in [0.3, 0.4) is 0 Å². The molecule has 9 nitrogen and oxygen atoms in total. The van der Waals surface area contributed by atoms with Crippen LogP contribution in [0.15, 0.2) is 6.07 Å². The van der Waals surface area contributed by atoms with Crippen LogP contribution in [0.25, 0.3) is 11.2 Å². The number of aromatic nitrogens is 5. The molecule has 0 atom stereocenters. The van der Waals surface area contributed by atoms with Crippen LogP contribution in [0.4, 0.5) is 5.95 Å². The molecule has 0 radical (unpaired) electrons. The van der Waals surface area contributed by atoms with Crippen LogP contribution in [0.5, 0.6) is 17.2 Å². The van der Waals surface area contributed by atoms with Crippen LogP contribution in [-0.2, 0) is 6.54 Å². The molecule has 11 heteroatoms. The van der Waals surface area contributed by atoms with Crippen LogP contribution in [0.2, 0.25) is 10.2 Å². The Hall–Kier alpha value is -2.52. The summed E-state index contributed by atoms with van der Waals surface area (Å²) >= 11 is 12.5. The second-order valence-corrected chi connectivity index (χ2v) is 5.65. The number of benzene rings is 1. The molecule has 3 aromatic rings. The second kappa shape index (κ2) is 6.77. The van der Waals surface area contributed by atoms with Crippen LogP contribution in [-0.4, -0.2) is 46.3 Å². The van der Waals surface area contributed by atoms with Crippen molar-refractivity contribution < 1.29 is 14.2 Å². The molecule has 2 aromatic heterocycles. The van der Waals surface area contributed by atoms with E-state index in [0.29, 0.717) is 39.0 Å². The van der Waals surface area contributed by atoms with E-state index >= 15 is 0 Å². The quantitative estimate of drug-likeness (QED) is 0.666. The van der Waals surface area contributed by atoms with Crippen LogP contribution in [0, 0.1) is 0 Å². The minimum absolute atomic E-state index is 0.0250. The number of methoxy groups -OCH3 is 3. The molecule has 2 N–H and O–H groups in total. The van der Waals surface area contributed by atoms with Crippen molar-refractivity contribution in [1.82, 2.24) is 25.0 Å². The standard InChI is InChI=1S/C14H14Cl2N6O3/c1-23-7-4-6(8(15)11(25-3)10(7)24-2)5-22-13-9(20-21-22)12(16)18-14(17)19-13/h4H,5H2,1-3H3,(H2,17,18,19). The van der Waals surface area contributed by atoms with Gasteiger partial charge in [0.2, 0.25) is 11.7 Å². The first-order valence-corrected chi connectivity index (χ1v) is 7.75. The van der Waals surface area contributed by atoms with E-state index in [9.17, 15) is 0 Å². The SMILES string of the molecule is COc1cc(Cn2nnc3c(Cl)nc(N)nc32)c(Cl)c(OC)c1OC. The highest BCUT2D eigenvalue weighted by atomic mass is 35.5. The van der Waals surface area contributed by atoms with Gasteiger partial charge in [0.25, 0.3) is 0 Å². The van der Waals surface area contributed by atoms with Gasteiger partial charge < -0.3 is 19.9 Å². The first-order chi connectivity index (χ1) is 12.0. The Kier molecular flexibility index (Phi) is 4.69. The lowest BCUT2D eigenvalue weighted by molar-refractivity contribution is 0.323. The van der Waals surface area contributed by atoms with E-state index in [-0.39, 0.29) is 17.6 Å². The fourth-order valence-electron chi connectivity index (χ4n) is 2.39. The van der Waals surface area contributed by atoms with E-state index in [4.69, 9.17) is 43.1 Å². The molecular weight excluding hydrogens is 371 g/mol. The van der Waals surface area contributed by atoms with Gasteiger partial charge in [0.1, 0.15) is 0 Å². The van der Waals surface area contributed by atoms with Gasteiger partial charge in [-0.25, -0.2) is 4.68 Å². The third kappa shape index (κ3) is 2.96. The number of hydrogen-bond donors (Lipinski definition) is 1. The van der Waals surface area contributed by atoms with Gasteiger partial charge in [-0.1, -0.05) is 28.4 Å². The summed E-state index contributed by atoms with van der Waals surface area (Å²) in [4.78, 5) is 7.98. The van der Waals surface area contributed by atoms with Gasteiger partial charge in [-0.05, 0) is 6.07 Å². The van der Waals surface area contributed by atoms with E-state index in [0.717, 1.165) is 0 Å². The third-order valence-electron chi connectivity index (χ3n) is 3.50. The lowest BCUT2D eigenvalue weighted by atomic mass is 10.1. The van der Waals surface area contributed by atoms with Crippen LogP contribution < -0.4 is 19.9 Å². The van der Waals surface area contributed by atoms with Crippen molar-refractivity contribution in [3.63, 3.8) is 0 Å². The van der Waals surface area contributed by atoms with Gasteiger partial charge in [-0.15, -0.1) is 5.10 Å². The number of anilines is 1. The fourth-order valence-corrected chi connectivity index (χ4v) is 2.88. The number of hydrogen-bond acceptors (Lipinski definition) is 8. The predicted molar refractivity (Wildman–Crippen MR) is 92.8 cm³/mol. The first kappa shape index (κ1) is 17.3. The maximum absolute atomic E-state index is 6.45. The molecule has 0 aliphatic carbocycles. The Morgan fingerprint density at radius 3 is 2.44 bits per heavy atom. The van der Waals surface area contributed by atoms with Crippen molar-refractivity contribution in [3.05, 3.63) is 21.8 Å². The molecule has 0 bridgehead atoms. The molecule has 2 heterocycles. The normalized spacial score (nSPS) is 10.9. The number of ether oxygens (including phenoxy) is 3. The summed E-state index contributed by atoms with van der Waals surface area (Å²) in [5.41, 5.74) is 7.05. The zero-order chi connectivity index (χ0) is 18.1. The van der Waals surface area contributed by atoms with Gasteiger partial charge in [0, 0.05) is 5.56 Å². The molecular formula is C14H14Cl2N6O3. The van der Waals surface area contributed by atoms with Crippen molar-refractivity contribution in [3.8, 4) is 17.2 Å². The smallest absolute Gasteiger partial charge is 0.223 e. The number of rotatable bonds is 5. The van der Waals surface area contributed by atoms with Crippen LogP contribution >= 0.6 is 23.2 Å². The second-order valence-electron chi connectivity index (χ2n) is 4.91. The van der Waals surface area contributed by atoms with E-state index in [1.807, 2.05) is 0 Å². The number of fused-ring (bicyclic) bond motifs is 1. The number of halogens is 2. The average Bonchev–Trinajstić information content (AvgIpc) is 2.99. The monoisotopic (exact) mass is 384 g/mol. The average molecular weight is 385 g/mol. The predicted octanol–water partition coefficient (Wildman–Crippen LogP) is 2.18. The van der Waals surface area contributed by atoms with Crippen molar-refractivity contribution in [2.45, 2.75) is 6.54 Å². The lowest BCUT2D eigenvalue weighted by Crippen LogP contribution is -2.07. The highest BCUT2D eigenvalue weighted by molar-refractivity contribution is 6.33. The minimum Gasteiger partial charge on any atom is -0.493 e. The largest absolute Gasteiger partial charge is 0.493 e. The molecule has 132 valence electrons. The summed E-state index contributed by atoms with van der Waals surface area (Å²) in [7, 11) is 4.52. The zero-order valence-electron chi connectivity index (χ0n) is 13.6. The van der Waals surface area contributed by atoms with E-state index in [2.05, 4.69) is 20.3 Å². The molecule has 0 fully saturated rings. The highest BCUT2D eigenvalue weighted by Crippen LogP contribution is 2.44. The molecule has 0 amide bonds. The molecule has 25 heavy (non-hydrogen) atoms. The molecule has 0 aliphatic heterocycles. The Labute approximate surface area is 152 Å².